The van der Waals surface area contributed by atoms with Crippen LogP contribution >= 0.6 is 0 Å². The van der Waals surface area contributed by atoms with Gasteiger partial charge in [0.15, 0.2) is 0 Å². The van der Waals surface area contributed by atoms with Crippen LogP contribution in [-0.4, -0.2) is 11.5 Å². The molecule has 1 aliphatic carbocycles. The highest BCUT2D eigenvalue weighted by Gasteiger charge is 2.20. The number of nitrogen functional groups attached to an aromatic ring is 1. The molecule has 16 heavy (non-hydrogen) atoms. The van der Waals surface area contributed by atoms with Gasteiger partial charge in [-0.05, 0) is 18.4 Å². The Hall–Kier alpha value is -1.78. The Morgan fingerprint density at radius 2 is 2.25 bits per heavy atom. The fraction of sp³-hybridized carbons (Fsp3) is 0.455. The standard InChI is InChI=1S/C11H15N3O2/c12-10-7-9(14(15)16)3-4-11(10)13-6-5-8-1-2-8/h3-4,7-8,13H,1-2,5-6,12H2. The predicted molar refractivity (Wildman–Crippen MR) is 63.3 cm³/mol. The first kappa shape index (κ1) is 10.7. The van der Waals surface area contributed by atoms with Gasteiger partial charge in [-0.1, -0.05) is 12.8 Å². The Morgan fingerprint density at radius 3 is 2.81 bits per heavy atom. The number of anilines is 2. The molecule has 1 aliphatic rings. The molecule has 0 amide bonds. The Balaban J connectivity index is 1.95. The van der Waals surface area contributed by atoms with Crippen LogP contribution in [0.5, 0.6) is 0 Å². The smallest absolute Gasteiger partial charge is 0.271 e. The summed E-state index contributed by atoms with van der Waals surface area (Å²) in [4.78, 5) is 10.1. The Bertz CT molecular complexity index is 402. The van der Waals surface area contributed by atoms with E-state index in [0.717, 1.165) is 24.6 Å². The first-order chi connectivity index (χ1) is 7.66. The fourth-order valence-corrected chi connectivity index (χ4v) is 1.64. The summed E-state index contributed by atoms with van der Waals surface area (Å²) in [6, 6.07) is 4.52. The second-order valence-electron chi connectivity index (χ2n) is 4.19. The molecule has 0 heterocycles. The molecule has 1 fully saturated rings. The van der Waals surface area contributed by atoms with Crippen molar-refractivity contribution in [2.45, 2.75) is 19.3 Å². The molecule has 5 heteroatoms. The van der Waals surface area contributed by atoms with E-state index in [-0.39, 0.29) is 5.69 Å². The molecule has 2 rings (SSSR count). The highest BCUT2D eigenvalue weighted by molar-refractivity contribution is 5.69. The molecule has 1 aromatic carbocycles. The van der Waals surface area contributed by atoms with Crippen LogP contribution in [0, 0.1) is 16.0 Å². The van der Waals surface area contributed by atoms with Gasteiger partial charge in [0, 0.05) is 18.7 Å². The molecule has 0 bridgehead atoms. The molecule has 0 unspecified atom stereocenters. The minimum Gasteiger partial charge on any atom is -0.397 e. The minimum atomic E-state index is -0.440. The first-order valence-corrected chi connectivity index (χ1v) is 5.44. The zero-order valence-electron chi connectivity index (χ0n) is 8.98. The topological polar surface area (TPSA) is 81.2 Å². The van der Waals surface area contributed by atoms with Gasteiger partial charge in [0.1, 0.15) is 0 Å². The molecule has 0 saturated heterocycles. The van der Waals surface area contributed by atoms with E-state index in [4.69, 9.17) is 5.73 Å². The number of nitrogens with zero attached hydrogens (tertiary/aromatic N) is 1. The number of nitro benzene ring substituents is 1. The zero-order chi connectivity index (χ0) is 11.5. The van der Waals surface area contributed by atoms with Crippen molar-refractivity contribution in [1.82, 2.24) is 0 Å². The lowest BCUT2D eigenvalue weighted by atomic mass is 10.2. The maximum absolute atomic E-state index is 10.5. The Morgan fingerprint density at radius 1 is 1.50 bits per heavy atom. The quantitative estimate of drug-likeness (QED) is 0.454. The van der Waals surface area contributed by atoms with Crippen LogP contribution in [0.2, 0.25) is 0 Å². The van der Waals surface area contributed by atoms with Gasteiger partial charge < -0.3 is 11.1 Å². The molecule has 0 atom stereocenters. The van der Waals surface area contributed by atoms with Gasteiger partial charge in [-0.25, -0.2) is 0 Å². The van der Waals surface area contributed by atoms with Gasteiger partial charge in [0.05, 0.1) is 16.3 Å². The molecule has 5 nitrogen and oxygen atoms in total. The molecule has 1 aromatic rings. The van der Waals surface area contributed by atoms with Gasteiger partial charge in [0.25, 0.3) is 5.69 Å². The summed E-state index contributed by atoms with van der Waals surface area (Å²) in [6.45, 7) is 0.882. The number of nitrogens with two attached hydrogens (primary N) is 1. The van der Waals surface area contributed by atoms with Crippen LogP contribution in [0.3, 0.4) is 0 Å². The number of hydrogen-bond acceptors (Lipinski definition) is 4. The van der Waals surface area contributed by atoms with Gasteiger partial charge in [-0.2, -0.15) is 0 Å². The van der Waals surface area contributed by atoms with E-state index >= 15 is 0 Å². The average molecular weight is 221 g/mol. The molecular weight excluding hydrogens is 206 g/mol. The summed E-state index contributed by atoms with van der Waals surface area (Å²) in [5.74, 6) is 0.867. The Labute approximate surface area is 93.8 Å². The number of rotatable bonds is 5. The molecular formula is C11H15N3O2. The van der Waals surface area contributed by atoms with E-state index in [1.807, 2.05) is 0 Å². The van der Waals surface area contributed by atoms with Crippen molar-refractivity contribution in [2.75, 3.05) is 17.6 Å². The Kier molecular flexibility index (Phi) is 2.94. The summed E-state index contributed by atoms with van der Waals surface area (Å²) in [5.41, 5.74) is 6.98. The van der Waals surface area contributed by atoms with E-state index in [0.29, 0.717) is 5.69 Å². The highest BCUT2D eigenvalue weighted by Crippen LogP contribution is 2.32. The third-order valence-corrected chi connectivity index (χ3v) is 2.81. The number of nitro groups is 1. The van der Waals surface area contributed by atoms with Crippen LogP contribution in [-0.2, 0) is 0 Å². The van der Waals surface area contributed by atoms with E-state index in [2.05, 4.69) is 5.32 Å². The molecule has 0 spiro atoms. The summed E-state index contributed by atoms with van der Waals surface area (Å²) in [5, 5.41) is 13.7. The van der Waals surface area contributed by atoms with Crippen LogP contribution in [0.4, 0.5) is 17.1 Å². The third-order valence-electron chi connectivity index (χ3n) is 2.81. The average Bonchev–Trinajstić information content (AvgIpc) is 3.04. The lowest BCUT2D eigenvalue weighted by molar-refractivity contribution is -0.384. The van der Waals surface area contributed by atoms with Gasteiger partial charge >= 0.3 is 0 Å². The lowest BCUT2D eigenvalue weighted by Crippen LogP contribution is -2.05. The van der Waals surface area contributed by atoms with Crippen molar-refractivity contribution in [2.24, 2.45) is 5.92 Å². The number of benzene rings is 1. The van der Waals surface area contributed by atoms with Crippen LogP contribution < -0.4 is 11.1 Å². The van der Waals surface area contributed by atoms with Crippen LogP contribution in [0.1, 0.15) is 19.3 Å². The van der Waals surface area contributed by atoms with Crippen molar-refractivity contribution in [3.8, 4) is 0 Å². The maximum atomic E-state index is 10.5. The summed E-state index contributed by atoms with van der Waals surface area (Å²) >= 11 is 0. The van der Waals surface area contributed by atoms with Crippen molar-refractivity contribution in [3.05, 3.63) is 28.3 Å². The molecule has 3 N–H and O–H groups in total. The zero-order valence-corrected chi connectivity index (χ0v) is 8.98. The van der Waals surface area contributed by atoms with Crippen LogP contribution in [0.25, 0.3) is 0 Å². The molecule has 86 valence electrons. The first-order valence-electron chi connectivity index (χ1n) is 5.44. The van der Waals surface area contributed by atoms with Gasteiger partial charge in [-0.3, -0.25) is 10.1 Å². The lowest BCUT2D eigenvalue weighted by Gasteiger charge is -2.08. The molecule has 1 saturated carbocycles. The minimum absolute atomic E-state index is 0.0326. The second-order valence-corrected chi connectivity index (χ2v) is 4.19. The largest absolute Gasteiger partial charge is 0.397 e. The fourth-order valence-electron chi connectivity index (χ4n) is 1.64. The van der Waals surface area contributed by atoms with Gasteiger partial charge in [-0.15, -0.1) is 0 Å². The summed E-state index contributed by atoms with van der Waals surface area (Å²) in [7, 11) is 0. The third kappa shape index (κ3) is 2.62. The molecule has 0 aromatic heterocycles. The number of nitrogens with one attached hydrogen (secondary N) is 1. The van der Waals surface area contributed by atoms with Crippen molar-refractivity contribution in [1.29, 1.82) is 0 Å². The SMILES string of the molecule is Nc1cc([N+](=O)[O-])ccc1NCCC1CC1. The van der Waals surface area contributed by atoms with Crippen molar-refractivity contribution < 1.29 is 4.92 Å². The summed E-state index contributed by atoms with van der Waals surface area (Å²) in [6.07, 6.45) is 3.81. The summed E-state index contributed by atoms with van der Waals surface area (Å²) < 4.78 is 0. The molecule has 0 aliphatic heterocycles. The van der Waals surface area contributed by atoms with Crippen molar-refractivity contribution >= 4 is 17.1 Å². The predicted octanol–water partition coefficient (Wildman–Crippen LogP) is 2.39. The van der Waals surface area contributed by atoms with E-state index in [1.165, 1.54) is 25.0 Å². The molecule has 0 radical (unpaired) electrons. The van der Waals surface area contributed by atoms with Gasteiger partial charge in [0.2, 0.25) is 0 Å². The van der Waals surface area contributed by atoms with E-state index in [9.17, 15) is 10.1 Å². The number of non-ortho nitro benzene ring substituents is 1. The number of hydrogen-bond donors (Lipinski definition) is 2. The second kappa shape index (κ2) is 4.38. The van der Waals surface area contributed by atoms with E-state index < -0.39 is 4.92 Å². The normalized spacial score (nSPS) is 14.8. The highest BCUT2D eigenvalue weighted by atomic mass is 16.6. The van der Waals surface area contributed by atoms with Crippen LogP contribution in [0.15, 0.2) is 18.2 Å². The maximum Gasteiger partial charge on any atom is 0.271 e. The monoisotopic (exact) mass is 221 g/mol. The van der Waals surface area contributed by atoms with E-state index in [1.54, 1.807) is 6.07 Å². The van der Waals surface area contributed by atoms with Crippen molar-refractivity contribution in [3.63, 3.8) is 0 Å².